The predicted molar refractivity (Wildman–Crippen MR) is 175 cm³/mol. The average molecular weight is 622 g/mol. The largest absolute Gasteiger partial charge is 0.497 e. The van der Waals surface area contributed by atoms with Gasteiger partial charge in [-0.15, -0.1) is 0 Å². The highest BCUT2D eigenvalue weighted by atomic mass is 31.2. The lowest BCUT2D eigenvalue weighted by Crippen LogP contribution is -2.45. The van der Waals surface area contributed by atoms with E-state index in [1.165, 1.54) is 0 Å². The Hall–Kier alpha value is -3.02. The molecular weight excluding hydrogens is 573 g/mol. The summed E-state index contributed by atoms with van der Waals surface area (Å²) in [4.78, 5) is 0. The lowest BCUT2D eigenvalue weighted by atomic mass is 9.77. The third-order valence-corrected chi connectivity index (χ3v) is 8.71. The second-order valence-electron chi connectivity index (χ2n) is 11.2. The van der Waals surface area contributed by atoms with Gasteiger partial charge in [0.2, 0.25) is 0 Å². The Balaban J connectivity index is 1.63. The molecule has 0 amide bonds. The zero-order chi connectivity index (χ0) is 31.8. The van der Waals surface area contributed by atoms with Crippen molar-refractivity contribution in [1.82, 2.24) is 10.4 Å². The first-order chi connectivity index (χ1) is 21.3. The third-order valence-electron chi connectivity index (χ3n) is 7.32. The maximum Gasteiger partial charge on any atom is 0.491 e. The van der Waals surface area contributed by atoms with Crippen molar-refractivity contribution in [2.75, 3.05) is 26.9 Å². The molecule has 8 nitrogen and oxygen atoms in total. The Morgan fingerprint density at radius 3 is 1.82 bits per heavy atom. The molecule has 0 bridgehead atoms. The summed E-state index contributed by atoms with van der Waals surface area (Å²) in [6.45, 7) is 8.82. The van der Waals surface area contributed by atoms with E-state index in [2.05, 4.69) is 66.0 Å². The van der Waals surface area contributed by atoms with Crippen LogP contribution < -0.4 is 10.1 Å². The molecule has 0 aliphatic heterocycles. The number of hydrogen-bond acceptors (Lipinski definition) is 8. The summed E-state index contributed by atoms with van der Waals surface area (Å²) < 4.78 is 35.7. The summed E-state index contributed by atoms with van der Waals surface area (Å²) in [5, 5.41) is 14.4. The van der Waals surface area contributed by atoms with Gasteiger partial charge < -0.3 is 4.74 Å². The Bertz CT molecular complexity index is 1270. The topological polar surface area (TPSA) is 93.1 Å². The van der Waals surface area contributed by atoms with Gasteiger partial charge in [-0.1, -0.05) is 85.6 Å². The minimum atomic E-state index is -3.85. The van der Waals surface area contributed by atoms with Crippen molar-refractivity contribution in [2.45, 2.75) is 77.4 Å². The number of nitrogens with zero attached hydrogens (tertiary/aromatic N) is 2. The number of nitrogens with one attached hydrogen (secondary N) is 1. The first-order valence-corrected chi connectivity index (χ1v) is 17.0. The molecule has 3 aromatic rings. The highest BCUT2D eigenvalue weighted by Gasteiger charge is 2.36. The lowest BCUT2D eigenvalue weighted by molar-refractivity contribution is -0.136. The maximum atomic E-state index is 13.4. The minimum Gasteiger partial charge on any atom is -0.497 e. The highest BCUT2D eigenvalue weighted by Crippen LogP contribution is 2.51. The number of benzene rings is 3. The van der Waals surface area contributed by atoms with Crippen molar-refractivity contribution < 1.29 is 23.0 Å². The number of phosphoric acid groups is 1. The zero-order valence-corrected chi connectivity index (χ0v) is 27.7. The number of hydrogen-bond donors (Lipinski definition) is 1. The molecule has 0 saturated carbocycles. The van der Waals surface area contributed by atoms with E-state index in [0.717, 1.165) is 48.2 Å². The number of nitriles is 1. The van der Waals surface area contributed by atoms with Gasteiger partial charge >= 0.3 is 7.82 Å². The van der Waals surface area contributed by atoms with Gasteiger partial charge in [0.15, 0.2) is 0 Å². The third kappa shape index (κ3) is 10.0. The predicted octanol–water partition coefficient (Wildman–Crippen LogP) is 8.24. The monoisotopic (exact) mass is 621 g/mol. The molecule has 0 aromatic heterocycles. The summed E-state index contributed by atoms with van der Waals surface area (Å²) in [5.41, 5.74) is 2.91. The van der Waals surface area contributed by atoms with E-state index in [1.807, 2.05) is 58.0 Å². The van der Waals surface area contributed by atoms with Crippen LogP contribution in [0.15, 0.2) is 84.9 Å². The molecule has 0 saturated heterocycles. The van der Waals surface area contributed by atoms with Crippen molar-refractivity contribution in [2.24, 2.45) is 0 Å². The van der Waals surface area contributed by atoms with E-state index in [1.54, 1.807) is 12.2 Å². The van der Waals surface area contributed by atoms with Crippen LogP contribution >= 0.6 is 7.82 Å². The van der Waals surface area contributed by atoms with Crippen LogP contribution in [-0.4, -0.2) is 44.0 Å². The Kier molecular flexibility index (Phi) is 14.6. The second-order valence-corrected chi connectivity index (χ2v) is 12.8. The van der Waals surface area contributed by atoms with Crippen LogP contribution in [0.1, 0.15) is 76.5 Å². The van der Waals surface area contributed by atoms with Crippen molar-refractivity contribution in [1.29, 1.82) is 5.26 Å². The molecule has 44 heavy (non-hydrogen) atoms. The van der Waals surface area contributed by atoms with Gasteiger partial charge in [-0.3, -0.25) is 14.4 Å². The van der Waals surface area contributed by atoms with Gasteiger partial charge in [-0.25, -0.2) is 4.57 Å². The maximum absolute atomic E-state index is 13.4. The Labute approximate surface area is 263 Å². The Morgan fingerprint density at radius 1 is 0.773 bits per heavy atom. The molecule has 1 N–H and O–H groups in total. The smallest absolute Gasteiger partial charge is 0.491 e. The van der Waals surface area contributed by atoms with Crippen molar-refractivity contribution in [3.63, 3.8) is 0 Å². The number of ether oxygens (including phenoxy) is 1. The van der Waals surface area contributed by atoms with Crippen LogP contribution in [0.4, 0.5) is 0 Å². The SMILES string of the molecule is COc1ccc(C(NCCCCCCOP(=O)(OCCC#N)ON(C(C)C)C(C)C)(c2ccccc2)c2ccccc2)cc1. The minimum absolute atomic E-state index is 0.0117. The van der Waals surface area contributed by atoms with Gasteiger partial charge in [0.25, 0.3) is 0 Å². The molecule has 238 valence electrons. The fourth-order valence-electron chi connectivity index (χ4n) is 5.24. The fourth-order valence-corrected chi connectivity index (χ4v) is 6.69. The molecule has 9 heteroatoms. The van der Waals surface area contributed by atoms with Gasteiger partial charge in [-0.2, -0.15) is 14.9 Å². The molecule has 3 rings (SSSR count). The number of unbranched alkanes of at least 4 members (excludes halogenated alkanes) is 3. The highest BCUT2D eigenvalue weighted by molar-refractivity contribution is 7.48. The van der Waals surface area contributed by atoms with E-state index in [9.17, 15) is 4.57 Å². The van der Waals surface area contributed by atoms with Gasteiger partial charge in [0.05, 0.1) is 38.4 Å². The van der Waals surface area contributed by atoms with E-state index in [0.29, 0.717) is 6.42 Å². The number of rotatable bonds is 20. The summed E-state index contributed by atoms with van der Waals surface area (Å²) in [7, 11) is -2.17. The number of phosphoric ester groups is 1. The van der Waals surface area contributed by atoms with E-state index >= 15 is 0 Å². The normalized spacial score (nSPS) is 13.2. The standard InChI is InChI=1S/C35H48N3O5P/c1-29(2)38(30(3)4)43-44(39,42-28-16-25-36)41-27-15-7-6-14-26-37-35(31-17-10-8-11-18-31,32-19-12-9-13-20-32)33-21-23-34(40-5)24-22-33/h8-13,17-24,29-30,37H,6-7,14-16,26-28H2,1-5H3. The summed E-state index contributed by atoms with van der Waals surface area (Å²) in [6, 6.07) is 31.3. The quantitative estimate of drug-likeness (QED) is 0.0584. The van der Waals surface area contributed by atoms with Crippen LogP contribution in [0, 0.1) is 11.3 Å². The van der Waals surface area contributed by atoms with Gasteiger partial charge in [-0.05, 0) is 75.9 Å². The molecule has 0 heterocycles. The molecule has 0 fully saturated rings. The first kappa shape index (κ1) is 35.5. The van der Waals surface area contributed by atoms with Gasteiger partial charge in [0, 0.05) is 12.1 Å². The van der Waals surface area contributed by atoms with Crippen molar-refractivity contribution >= 4 is 7.82 Å². The van der Waals surface area contributed by atoms with Crippen LogP contribution in [0.5, 0.6) is 5.75 Å². The molecule has 1 atom stereocenters. The molecular formula is C35H48N3O5P. The van der Waals surface area contributed by atoms with Crippen LogP contribution in [0.3, 0.4) is 0 Å². The number of methoxy groups -OCH3 is 1. The fraction of sp³-hybridized carbons (Fsp3) is 0.457. The molecule has 3 aromatic carbocycles. The zero-order valence-electron chi connectivity index (χ0n) is 26.8. The summed E-state index contributed by atoms with van der Waals surface area (Å²) in [5.74, 6) is 0.817. The number of hydroxylamine groups is 2. The van der Waals surface area contributed by atoms with Crippen LogP contribution in [0.25, 0.3) is 0 Å². The van der Waals surface area contributed by atoms with E-state index < -0.39 is 13.4 Å². The first-order valence-electron chi connectivity index (χ1n) is 15.5. The lowest BCUT2D eigenvalue weighted by Gasteiger charge is -2.37. The second kappa shape index (κ2) is 18.1. The van der Waals surface area contributed by atoms with Crippen molar-refractivity contribution in [3.8, 4) is 11.8 Å². The van der Waals surface area contributed by atoms with Crippen LogP contribution in [0.2, 0.25) is 0 Å². The van der Waals surface area contributed by atoms with Crippen molar-refractivity contribution in [3.05, 3.63) is 102 Å². The molecule has 0 aliphatic carbocycles. The molecule has 0 spiro atoms. The van der Waals surface area contributed by atoms with Gasteiger partial charge in [0.1, 0.15) is 5.75 Å². The Morgan fingerprint density at radius 2 is 1.30 bits per heavy atom. The average Bonchev–Trinajstić information content (AvgIpc) is 3.04. The molecule has 0 radical (unpaired) electrons. The van der Waals surface area contributed by atoms with Crippen LogP contribution in [-0.2, 0) is 23.8 Å². The van der Waals surface area contributed by atoms with E-state index in [4.69, 9.17) is 23.7 Å². The van der Waals surface area contributed by atoms with E-state index in [-0.39, 0.29) is 31.7 Å². The molecule has 0 aliphatic rings. The molecule has 1 unspecified atom stereocenters. The summed E-state index contributed by atoms with van der Waals surface area (Å²) >= 11 is 0. The summed E-state index contributed by atoms with van der Waals surface area (Å²) in [6.07, 6.45) is 3.61.